The third-order valence-corrected chi connectivity index (χ3v) is 3.59. The molecule has 2 heterocycles. The Hall–Kier alpha value is -1.07. The number of rotatable bonds is 2. The van der Waals surface area contributed by atoms with Gasteiger partial charge < -0.3 is 10.6 Å². The number of aromatic nitrogens is 2. The minimum atomic E-state index is 0.334. The summed E-state index contributed by atoms with van der Waals surface area (Å²) >= 11 is 5.91. The van der Waals surface area contributed by atoms with Crippen LogP contribution in [0.5, 0.6) is 0 Å². The van der Waals surface area contributed by atoms with E-state index in [-0.39, 0.29) is 0 Å². The second-order valence-corrected chi connectivity index (χ2v) is 4.68. The van der Waals surface area contributed by atoms with Crippen LogP contribution in [0.1, 0.15) is 13.8 Å². The van der Waals surface area contributed by atoms with Gasteiger partial charge in [0, 0.05) is 25.7 Å². The van der Waals surface area contributed by atoms with E-state index in [0.29, 0.717) is 16.9 Å². The number of piperazine rings is 1. The van der Waals surface area contributed by atoms with Crippen LogP contribution in [-0.2, 0) is 0 Å². The predicted octanol–water partition coefficient (Wildman–Crippen LogP) is 1.24. The van der Waals surface area contributed by atoms with E-state index >= 15 is 0 Å². The minimum Gasteiger partial charge on any atom is -0.393 e. The molecule has 0 aliphatic carbocycles. The maximum atomic E-state index is 5.91. The first-order valence-electron chi connectivity index (χ1n) is 5.88. The summed E-state index contributed by atoms with van der Waals surface area (Å²) in [5.41, 5.74) is 6.39. The van der Waals surface area contributed by atoms with Crippen molar-refractivity contribution in [2.75, 3.05) is 36.8 Å². The lowest BCUT2D eigenvalue weighted by molar-refractivity contribution is 0.199. The van der Waals surface area contributed by atoms with Crippen LogP contribution in [0.25, 0.3) is 0 Å². The van der Waals surface area contributed by atoms with E-state index in [2.05, 4.69) is 33.6 Å². The molecule has 0 bridgehead atoms. The van der Waals surface area contributed by atoms with Crippen molar-refractivity contribution in [2.45, 2.75) is 19.9 Å². The van der Waals surface area contributed by atoms with Gasteiger partial charge in [0.05, 0.1) is 0 Å². The summed E-state index contributed by atoms with van der Waals surface area (Å²) in [4.78, 5) is 12.7. The topological polar surface area (TPSA) is 58.3 Å². The first kappa shape index (κ1) is 12.4. The van der Waals surface area contributed by atoms with Crippen molar-refractivity contribution in [3.05, 3.63) is 11.5 Å². The molecular weight excluding hydrogens is 238 g/mol. The first-order valence-corrected chi connectivity index (χ1v) is 6.26. The van der Waals surface area contributed by atoms with Crippen molar-refractivity contribution in [3.8, 4) is 0 Å². The molecule has 0 saturated carbocycles. The van der Waals surface area contributed by atoms with Crippen LogP contribution < -0.4 is 10.6 Å². The molecule has 17 heavy (non-hydrogen) atoms. The molecule has 1 unspecified atom stereocenters. The molecule has 0 radical (unpaired) electrons. The van der Waals surface area contributed by atoms with Crippen LogP contribution >= 0.6 is 11.6 Å². The highest BCUT2D eigenvalue weighted by atomic mass is 35.5. The number of halogens is 1. The van der Waals surface area contributed by atoms with Gasteiger partial charge in [-0.25, -0.2) is 9.97 Å². The summed E-state index contributed by atoms with van der Waals surface area (Å²) in [6.45, 7) is 8.35. The summed E-state index contributed by atoms with van der Waals surface area (Å²) in [6, 6.07) is 0.502. The molecule has 0 amide bonds. The Kier molecular flexibility index (Phi) is 3.69. The highest BCUT2D eigenvalue weighted by molar-refractivity contribution is 6.32. The fourth-order valence-electron chi connectivity index (χ4n) is 2.27. The average molecular weight is 256 g/mol. The predicted molar refractivity (Wildman–Crippen MR) is 70.4 cm³/mol. The van der Waals surface area contributed by atoms with Gasteiger partial charge in [0.1, 0.15) is 12.0 Å². The molecule has 1 aromatic rings. The van der Waals surface area contributed by atoms with Crippen molar-refractivity contribution in [1.29, 1.82) is 0 Å². The summed E-state index contributed by atoms with van der Waals surface area (Å²) < 4.78 is 0. The third kappa shape index (κ3) is 2.45. The quantitative estimate of drug-likeness (QED) is 0.806. The molecule has 1 aliphatic rings. The minimum absolute atomic E-state index is 0.334. The molecule has 1 aliphatic heterocycles. The highest BCUT2D eigenvalue weighted by Gasteiger charge is 2.24. The Morgan fingerprint density at radius 3 is 2.88 bits per heavy atom. The summed E-state index contributed by atoms with van der Waals surface area (Å²) in [6.07, 6.45) is 1.46. The average Bonchev–Trinajstić information content (AvgIpc) is 2.32. The normalized spacial score (nSPS) is 21.8. The molecule has 0 spiro atoms. The molecule has 5 nitrogen and oxygen atoms in total. The molecule has 2 rings (SSSR count). The van der Waals surface area contributed by atoms with Crippen molar-refractivity contribution < 1.29 is 0 Å². The standard InChI is InChI=1S/C11H18ClN5/c1-3-16-4-5-17(6-8(16)2)11-9(13)10(12)14-7-15-11/h7-8H,3-6,13H2,1-2H3. The first-order chi connectivity index (χ1) is 8.13. The van der Waals surface area contributed by atoms with Crippen molar-refractivity contribution in [3.63, 3.8) is 0 Å². The highest BCUT2D eigenvalue weighted by Crippen LogP contribution is 2.27. The Bertz CT molecular complexity index is 397. The maximum Gasteiger partial charge on any atom is 0.157 e. The van der Waals surface area contributed by atoms with Gasteiger partial charge in [0.2, 0.25) is 0 Å². The fourth-order valence-corrected chi connectivity index (χ4v) is 2.40. The maximum absolute atomic E-state index is 5.91. The number of hydrogen-bond donors (Lipinski definition) is 1. The Labute approximate surface area is 107 Å². The Balaban J connectivity index is 2.16. The number of nitrogen functional groups attached to an aromatic ring is 1. The van der Waals surface area contributed by atoms with E-state index in [1.54, 1.807) is 0 Å². The fraction of sp³-hybridized carbons (Fsp3) is 0.636. The Morgan fingerprint density at radius 1 is 1.47 bits per heavy atom. The number of nitrogens with zero attached hydrogens (tertiary/aromatic N) is 4. The zero-order valence-corrected chi connectivity index (χ0v) is 11.0. The zero-order valence-electron chi connectivity index (χ0n) is 10.2. The second kappa shape index (κ2) is 5.06. The molecule has 0 aromatic carbocycles. The molecule has 1 atom stereocenters. The van der Waals surface area contributed by atoms with Gasteiger partial charge in [-0.1, -0.05) is 18.5 Å². The number of nitrogens with two attached hydrogens (primary N) is 1. The van der Waals surface area contributed by atoms with Gasteiger partial charge >= 0.3 is 0 Å². The molecule has 1 aromatic heterocycles. The van der Waals surface area contributed by atoms with E-state index in [1.165, 1.54) is 6.33 Å². The molecule has 1 fully saturated rings. The summed E-state index contributed by atoms with van der Waals surface area (Å²) in [7, 11) is 0. The summed E-state index contributed by atoms with van der Waals surface area (Å²) in [5, 5.41) is 0.334. The van der Waals surface area contributed by atoms with Crippen molar-refractivity contribution >= 4 is 23.1 Å². The van der Waals surface area contributed by atoms with E-state index < -0.39 is 0 Å². The van der Waals surface area contributed by atoms with E-state index in [9.17, 15) is 0 Å². The molecule has 2 N–H and O–H groups in total. The lowest BCUT2D eigenvalue weighted by Gasteiger charge is -2.40. The Morgan fingerprint density at radius 2 is 2.24 bits per heavy atom. The molecule has 6 heteroatoms. The van der Waals surface area contributed by atoms with Crippen LogP contribution in [0.3, 0.4) is 0 Å². The zero-order chi connectivity index (χ0) is 12.4. The van der Waals surface area contributed by atoms with Crippen LogP contribution in [-0.4, -0.2) is 47.1 Å². The SMILES string of the molecule is CCN1CCN(c2ncnc(Cl)c2N)CC1C. The lowest BCUT2D eigenvalue weighted by atomic mass is 10.2. The van der Waals surface area contributed by atoms with Crippen molar-refractivity contribution in [1.82, 2.24) is 14.9 Å². The van der Waals surface area contributed by atoms with Gasteiger partial charge in [-0.05, 0) is 13.5 Å². The van der Waals surface area contributed by atoms with Crippen LogP contribution in [0, 0.1) is 0 Å². The van der Waals surface area contributed by atoms with E-state index in [4.69, 9.17) is 17.3 Å². The largest absolute Gasteiger partial charge is 0.393 e. The van der Waals surface area contributed by atoms with Crippen LogP contribution in [0.4, 0.5) is 11.5 Å². The van der Waals surface area contributed by atoms with Gasteiger partial charge in [0.15, 0.2) is 11.0 Å². The van der Waals surface area contributed by atoms with Gasteiger partial charge in [0.25, 0.3) is 0 Å². The lowest BCUT2D eigenvalue weighted by Crippen LogP contribution is -2.52. The smallest absolute Gasteiger partial charge is 0.157 e. The van der Waals surface area contributed by atoms with E-state index in [1.807, 2.05) is 0 Å². The van der Waals surface area contributed by atoms with Gasteiger partial charge in [-0.2, -0.15) is 0 Å². The number of anilines is 2. The number of likely N-dealkylation sites (N-methyl/N-ethyl adjacent to an activating group) is 1. The molecular formula is C11H18ClN5. The number of hydrogen-bond acceptors (Lipinski definition) is 5. The van der Waals surface area contributed by atoms with Crippen molar-refractivity contribution in [2.24, 2.45) is 0 Å². The van der Waals surface area contributed by atoms with Crippen LogP contribution in [0.2, 0.25) is 5.15 Å². The second-order valence-electron chi connectivity index (χ2n) is 4.33. The van der Waals surface area contributed by atoms with E-state index in [0.717, 1.165) is 32.0 Å². The molecule has 94 valence electrons. The van der Waals surface area contributed by atoms with Gasteiger partial charge in [-0.3, -0.25) is 4.90 Å². The van der Waals surface area contributed by atoms with Crippen LogP contribution in [0.15, 0.2) is 6.33 Å². The third-order valence-electron chi connectivity index (χ3n) is 3.29. The molecule has 1 saturated heterocycles. The monoisotopic (exact) mass is 255 g/mol. The summed E-state index contributed by atoms with van der Waals surface area (Å²) in [5.74, 6) is 0.757. The van der Waals surface area contributed by atoms with Gasteiger partial charge in [-0.15, -0.1) is 0 Å².